The molecule has 3 rings (SSSR count). The van der Waals surface area contributed by atoms with E-state index in [4.69, 9.17) is 19.9 Å². The molecule has 144 valence electrons. The van der Waals surface area contributed by atoms with Gasteiger partial charge >= 0.3 is 0 Å². The third-order valence-electron chi connectivity index (χ3n) is 4.93. The molecule has 6 heteroatoms. The Morgan fingerprint density at radius 2 is 1.70 bits per heavy atom. The zero-order chi connectivity index (χ0) is 19.4. The molecule has 0 bridgehead atoms. The van der Waals surface area contributed by atoms with Crippen LogP contribution in [0.5, 0.6) is 17.2 Å². The third kappa shape index (κ3) is 4.17. The Labute approximate surface area is 159 Å². The summed E-state index contributed by atoms with van der Waals surface area (Å²) in [5.74, 6) is 1.60. The van der Waals surface area contributed by atoms with Gasteiger partial charge in [0.2, 0.25) is 5.75 Å². The first-order valence-electron chi connectivity index (χ1n) is 9.02. The summed E-state index contributed by atoms with van der Waals surface area (Å²) in [6, 6.07) is 11.6. The van der Waals surface area contributed by atoms with Gasteiger partial charge in [0.05, 0.1) is 21.3 Å². The Bertz CT molecular complexity index is 797. The fourth-order valence-corrected chi connectivity index (χ4v) is 3.50. The zero-order valence-electron chi connectivity index (χ0n) is 16.0. The summed E-state index contributed by atoms with van der Waals surface area (Å²) in [6.07, 6.45) is 2.72. The van der Waals surface area contributed by atoms with Crippen LogP contribution in [0.25, 0.3) is 11.1 Å². The number of methoxy groups -OCH3 is 3. The molecule has 0 radical (unpaired) electrons. The number of hydrogen-bond acceptors (Lipinski definition) is 5. The fourth-order valence-electron chi connectivity index (χ4n) is 3.50. The van der Waals surface area contributed by atoms with Crippen molar-refractivity contribution in [3.05, 3.63) is 42.0 Å². The molecule has 2 atom stereocenters. The van der Waals surface area contributed by atoms with Crippen molar-refractivity contribution in [3.8, 4) is 28.4 Å². The molecule has 1 aliphatic carbocycles. The van der Waals surface area contributed by atoms with E-state index in [0.29, 0.717) is 22.8 Å². The van der Waals surface area contributed by atoms with Crippen LogP contribution in [-0.4, -0.2) is 39.3 Å². The number of amides is 1. The van der Waals surface area contributed by atoms with Crippen molar-refractivity contribution in [2.75, 3.05) is 21.3 Å². The zero-order valence-corrected chi connectivity index (χ0v) is 16.0. The average Bonchev–Trinajstić information content (AvgIpc) is 3.11. The van der Waals surface area contributed by atoms with E-state index < -0.39 is 0 Å². The van der Waals surface area contributed by atoms with Gasteiger partial charge in [-0.25, -0.2) is 0 Å². The van der Waals surface area contributed by atoms with Crippen molar-refractivity contribution in [2.24, 2.45) is 5.73 Å². The summed E-state index contributed by atoms with van der Waals surface area (Å²) in [5, 5.41) is 3.08. The van der Waals surface area contributed by atoms with Gasteiger partial charge in [-0.3, -0.25) is 4.79 Å². The molecule has 2 aromatic carbocycles. The Balaban J connectivity index is 1.88. The lowest BCUT2D eigenvalue weighted by molar-refractivity contribution is 0.0937. The molecule has 0 aliphatic heterocycles. The number of benzene rings is 2. The van der Waals surface area contributed by atoms with Gasteiger partial charge in [0.25, 0.3) is 5.91 Å². The van der Waals surface area contributed by atoms with Crippen molar-refractivity contribution >= 4 is 5.91 Å². The molecule has 0 aromatic heterocycles. The monoisotopic (exact) mass is 370 g/mol. The molecule has 27 heavy (non-hydrogen) atoms. The van der Waals surface area contributed by atoms with Gasteiger partial charge in [0, 0.05) is 17.6 Å². The van der Waals surface area contributed by atoms with E-state index in [0.717, 1.165) is 30.4 Å². The number of hydrogen-bond donors (Lipinski definition) is 2. The standard InChI is InChI=1S/C21H26N2O4/c1-25-18-10-15(11-19(26-2)20(18)27-3)13-5-4-6-14(9-13)21(24)23-17-8-7-16(22)12-17/h4-6,9-11,16-17H,7-8,12,22H2,1-3H3,(H,23,24)/t16-,17+/m1/s1. The van der Waals surface area contributed by atoms with Gasteiger partial charge in [-0.2, -0.15) is 0 Å². The lowest BCUT2D eigenvalue weighted by Crippen LogP contribution is -2.34. The van der Waals surface area contributed by atoms with E-state index in [1.165, 1.54) is 0 Å². The maximum atomic E-state index is 12.6. The van der Waals surface area contributed by atoms with Crippen LogP contribution in [0.15, 0.2) is 36.4 Å². The van der Waals surface area contributed by atoms with Crippen molar-refractivity contribution in [1.82, 2.24) is 5.32 Å². The van der Waals surface area contributed by atoms with Crippen molar-refractivity contribution in [3.63, 3.8) is 0 Å². The van der Waals surface area contributed by atoms with E-state index >= 15 is 0 Å². The predicted molar refractivity (Wildman–Crippen MR) is 105 cm³/mol. The number of nitrogens with one attached hydrogen (secondary N) is 1. The second-order valence-electron chi connectivity index (χ2n) is 6.74. The first-order valence-corrected chi connectivity index (χ1v) is 9.02. The molecule has 1 fully saturated rings. The van der Waals surface area contributed by atoms with Crippen LogP contribution in [0.1, 0.15) is 29.6 Å². The Morgan fingerprint density at radius 3 is 2.26 bits per heavy atom. The molecule has 0 spiro atoms. The van der Waals surface area contributed by atoms with Crippen LogP contribution in [-0.2, 0) is 0 Å². The second-order valence-corrected chi connectivity index (χ2v) is 6.74. The number of carbonyl (C=O) groups is 1. The minimum absolute atomic E-state index is 0.0802. The molecule has 0 saturated heterocycles. The highest BCUT2D eigenvalue weighted by Gasteiger charge is 2.23. The topological polar surface area (TPSA) is 82.8 Å². The average molecular weight is 370 g/mol. The molecular weight excluding hydrogens is 344 g/mol. The van der Waals surface area contributed by atoms with Gasteiger partial charge in [-0.1, -0.05) is 12.1 Å². The molecule has 2 aromatic rings. The Hall–Kier alpha value is -2.73. The summed E-state index contributed by atoms with van der Waals surface area (Å²) in [6.45, 7) is 0. The summed E-state index contributed by atoms with van der Waals surface area (Å²) < 4.78 is 16.2. The van der Waals surface area contributed by atoms with Crippen LogP contribution in [0.2, 0.25) is 0 Å². The highest BCUT2D eigenvalue weighted by molar-refractivity contribution is 5.95. The summed E-state index contributed by atoms with van der Waals surface area (Å²) in [7, 11) is 4.73. The lowest BCUT2D eigenvalue weighted by Gasteiger charge is -2.15. The maximum absolute atomic E-state index is 12.6. The number of nitrogens with two attached hydrogens (primary N) is 1. The molecular formula is C21H26N2O4. The molecule has 1 amide bonds. The molecule has 1 aliphatic rings. The third-order valence-corrected chi connectivity index (χ3v) is 4.93. The van der Waals surface area contributed by atoms with Crippen LogP contribution in [0, 0.1) is 0 Å². The molecule has 0 heterocycles. The summed E-state index contributed by atoms with van der Waals surface area (Å²) >= 11 is 0. The number of ether oxygens (including phenoxy) is 3. The Morgan fingerprint density at radius 1 is 1.00 bits per heavy atom. The van der Waals surface area contributed by atoms with Gasteiger partial charge in [-0.05, 0) is 54.7 Å². The van der Waals surface area contributed by atoms with Gasteiger partial charge in [-0.15, -0.1) is 0 Å². The van der Waals surface area contributed by atoms with Crippen LogP contribution in [0.3, 0.4) is 0 Å². The van der Waals surface area contributed by atoms with Crippen molar-refractivity contribution in [1.29, 1.82) is 0 Å². The smallest absolute Gasteiger partial charge is 0.251 e. The van der Waals surface area contributed by atoms with E-state index in [1.54, 1.807) is 21.3 Å². The fraction of sp³-hybridized carbons (Fsp3) is 0.381. The minimum Gasteiger partial charge on any atom is -0.493 e. The van der Waals surface area contributed by atoms with Gasteiger partial charge < -0.3 is 25.3 Å². The summed E-state index contributed by atoms with van der Waals surface area (Å²) in [4.78, 5) is 12.6. The van der Waals surface area contributed by atoms with E-state index in [-0.39, 0.29) is 18.0 Å². The molecule has 6 nitrogen and oxygen atoms in total. The van der Waals surface area contributed by atoms with Crippen molar-refractivity contribution < 1.29 is 19.0 Å². The van der Waals surface area contributed by atoms with Gasteiger partial charge in [0.1, 0.15) is 0 Å². The predicted octanol–water partition coefficient (Wildman–Crippen LogP) is 2.99. The lowest BCUT2D eigenvalue weighted by atomic mass is 10.0. The van der Waals surface area contributed by atoms with Crippen LogP contribution in [0.4, 0.5) is 0 Å². The first kappa shape index (κ1) is 19.0. The van der Waals surface area contributed by atoms with Crippen LogP contribution >= 0.6 is 0 Å². The van der Waals surface area contributed by atoms with E-state index in [1.807, 2.05) is 36.4 Å². The minimum atomic E-state index is -0.0802. The SMILES string of the molecule is COc1cc(-c2cccc(C(=O)N[C@H]3CC[C@@H](N)C3)c2)cc(OC)c1OC. The maximum Gasteiger partial charge on any atom is 0.251 e. The normalized spacial score (nSPS) is 18.8. The quantitative estimate of drug-likeness (QED) is 0.817. The highest BCUT2D eigenvalue weighted by Crippen LogP contribution is 2.41. The summed E-state index contributed by atoms with van der Waals surface area (Å²) in [5.41, 5.74) is 8.32. The number of carbonyl (C=O) groups excluding carboxylic acids is 1. The van der Waals surface area contributed by atoms with E-state index in [2.05, 4.69) is 5.32 Å². The largest absolute Gasteiger partial charge is 0.493 e. The van der Waals surface area contributed by atoms with E-state index in [9.17, 15) is 4.79 Å². The number of rotatable bonds is 6. The second kappa shape index (κ2) is 8.31. The highest BCUT2D eigenvalue weighted by atomic mass is 16.5. The molecule has 1 saturated carbocycles. The molecule has 0 unspecified atom stereocenters. The van der Waals surface area contributed by atoms with Crippen molar-refractivity contribution in [2.45, 2.75) is 31.3 Å². The molecule has 3 N–H and O–H groups in total. The van der Waals surface area contributed by atoms with Crippen LogP contribution < -0.4 is 25.3 Å². The Kier molecular flexibility index (Phi) is 5.86. The van der Waals surface area contributed by atoms with Gasteiger partial charge in [0.15, 0.2) is 11.5 Å². The first-order chi connectivity index (χ1) is 13.0.